The summed E-state index contributed by atoms with van der Waals surface area (Å²) in [4.78, 5) is 25.9. The van der Waals surface area contributed by atoms with E-state index in [9.17, 15) is 9.59 Å². The molecule has 1 aromatic heterocycles. The number of rotatable bonds is 0. The molecule has 0 unspecified atom stereocenters. The summed E-state index contributed by atoms with van der Waals surface area (Å²) in [5.74, 6) is -0.154. The Labute approximate surface area is 104 Å². The van der Waals surface area contributed by atoms with E-state index < -0.39 is 0 Å². The van der Waals surface area contributed by atoms with Gasteiger partial charge in [0.15, 0.2) is 0 Å². The molecule has 2 N–H and O–H groups in total. The van der Waals surface area contributed by atoms with Gasteiger partial charge in [0.05, 0.1) is 16.7 Å². The van der Waals surface area contributed by atoms with Gasteiger partial charge in [-0.2, -0.15) is 0 Å². The number of carbonyl (C=O) groups excluding carboxylic acids is 1. The Balaban J connectivity index is 2.56. The summed E-state index contributed by atoms with van der Waals surface area (Å²) in [5, 5.41) is 2.82. The van der Waals surface area contributed by atoms with Crippen molar-refractivity contribution in [2.45, 2.75) is 13.5 Å². The van der Waals surface area contributed by atoms with Crippen molar-refractivity contribution in [3.8, 4) is 0 Å². The van der Waals surface area contributed by atoms with E-state index in [0.29, 0.717) is 0 Å². The molecule has 82 valence electrons. The SMILES string of the molecule is Cc1cc2[nH]c(=O)n3c2c(c1I)NC(=O)C3. The molecule has 1 aromatic carbocycles. The summed E-state index contributed by atoms with van der Waals surface area (Å²) in [6.45, 7) is 2.04. The van der Waals surface area contributed by atoms with Crippen molar-refractivity contribution in [2.75, 3.05) is 5.32 Å². The minimum absolute atomic E-state index is 0.0883. The van der Waals surface area contributed by atoms with E-state index in [0.717, 1.165) is 25.9 Å². The van der Waals surface area contributed by atoms with E-state index >= 15 is 0 Å². The van der Waals surface area contributed by atoms with Gasteiger partial charge in [-0.3, -0.25) is 9.36 Å². The van der Waals surface area contributed by atoms with Gasteiger partial charge < -0.3 is 10.3 Å². The van der Waals surface area contributed by atoms with Gasteiger partial charge in [0, 0.05) is 3.57 Å². The largest absolute Gasteiger partial charge is 0.327 e. The number of benzene rings is 1. The van der Waals surface area contributed by atoms with E-state index in [-0.39, 0.29) is 18.1 Å². The van der Waals surface area contributed by atoms with Crippen molar-refractivity contribution in [3.63, 3.8) is 0 Å². The first-order chi connectivity index (χ1) is 7.58. The number of halogens is 1. The molecule has 2 heterocycles. The van der Waals surface area contributed by atoms with Gasteiger partial charge >= 0.3 is 5.69 Å². The van der Waals surface area contributed by atoms with E-state index in [4.69, 9.17) is 0 Å². The van der Waals surface area contributed by atoms with Crippen LogP contribution < -0.4 is 11.0 Å². The van der Waals surface area contributed by atoms with Gasteiger partial charge in [-0.05, 0) is 41.1 Å². The number of nitrogens with one attached hydrogen (secondary N) is 2. The van der Waals surface area contributed by atoms with Crippen molar-refractivity contribution in [2.24, 2.45) is 0 Å². The van der Waals surface area contributed by atoms with E-state index in [1.165, 1.54) is 4.57 Å². The lowest BCUT2D eigenvalue weighted by Gasteiger charge is -2.17. The summed E-state index contributed by atoms with van der Waals surface area (Å²) in [7, 11) is 0. The molecule has 0 radical (unpaired) electrons. The average molecular weight is 329 g/mol. The van der Waals surface area contributed by atoms with Gasteiger partial charge in [-0.1, -0.05) is 0 Å². The van der Waals surface area contributed by atoms with Crippen molar-refractivity contribution in [1.29, 1.82) is 0 Å². The van der Waals surface area contributed by atoms with E-state index in [1.807, 2.05) is 13.0 Å². The first-order valence-electron chi connectivity index (χ1n) is 4.79. The zero-order valence-electron chi connectivity index (χ0n) is 8.43. The van der Waals surface area contributed by atoms with Crippen LogP contribution in [0.4, 0.5) is 5.69 Å². The minimum atomic E-state index is -0.229. The third-order valence-corrected chi connectivity index (χ3v) is 4.13. The molecule has 16 heavy (non-hydrogen) atoms. The lowest BCUT2D eigenvalue weighted by atomic mass is 10.1. The summed E-state index contributed by atoms with van der Waals surface area (Å²) in [6, 6.07) is 1.93. The highest BCUT2D eigenvalue weighted by molar-refractivity contribution is 14.1. The molecule has 3 rings (SSSR count). The van der Waals surface area contributed by atoms with Gasteiger partial charge in [0.2, 0.25) is 5.91 Å². The molecule has 6 heteroatoms. The monoisotopic (exact) mass is 329 g/mol. The standard InChI is InChI=1S/C10H8IN3O2/c1-4-2-5-9-8(7(4)11)13-6(15)3-14(9)10(16)12-5/h2H,3H2,1H3,(H,12,16)(H,13,15). The molecule has 1 aliphatic heterocycles. The molecule has 1 amide bonds. The fraction of sp³-hybridized carbons (Fsp3) is 0.200. The molecule has 0 saturated carbocycles. The van der Waals surface area contributed by atoms with Crippen molar-refractivity contribution < 1.29 is 4.79 Å². The molecule has 0 bridgehead atoms. The lowest BCUT2D eigenvalue weighted by Crippen LogP contribution is -2.30. The lowest BCUT2D eigenvalue weighted by molar-refractivity contribution is -0.116. The number of aromatic nitrogens is 2. The van der Waals surface area contributed by atoms with Crippen LogP contribution in [0.3, 0.4) is 0 Å². The van der Waals surface area contributed by atoms with Crippen LogP contribution in [0, 0.1) is 10.5 Å². The van der Waals surface area contributed by atoms with Crippen LogP contribution in [-0.2, 0) is 11.3 Å². The third-order valence-electron chi connectivity index (χ3n) is 2.74. The Kier molecular flexibility index (Phi) is 1.91. The molecule has 0 spiro atoms. The second kappa shape index (κ2) is 3.09. The average Bonchev–Trinajstić information content (AvgIpc) is 2.52. The van der Waals surface area contributed by atoms with Gasteiger partial charge in [0.1, 0.15) is 6.54 Å². The predicted octanol–water partition coefficient (Wildman–Crippen LogP) is 1.19. The number of imidazole rings is 1. The fourth-order valence-electron chi connectivity index (χ4n) is 2.03. The Bertz CT molecular complexity index is 683. The summed E-state index contributed by atoms with van der Waals surface area (Å²) < 4.78 is 2.45. The molecule has 2 aromatic rings. The Morgan fingerprint density at radius 2 is 2.19 bits per heavy atom. The van der Waals surface area contributed by atoms with E-state index in [1.54, 1.807) is 0 Å². The molecule has 0 saturated heterocycles. The third kappa shape index (κ3) is 1.16. The van der Waals surface area contributed by atoms with Crippen molar-refractivity contribution in [3.05, 3.63) is 25.7 Å². The molecule has 5 nitrogen and oxygen atoms in total. The quantitative estimate of drug-likeness (QED) is 0.713. The molecule has 0 aliphatic carbocycles. The fourth-order valence-corrected chi connectivity index (χ4v) is 2.58. The van der Waals surface area contributed by atoms with Crippen LogP contribution in [-0.4, -0.2) is 15.5 Å². The number of carbonyl (C=O) groups is 1. The zero-order chi connectivity index (χ0) is 11.4. The van der Waals surface area contributed by atoms with Crippen LogP contribution in [0.2, 0.25) is 0 Å². The number of hydrogen-bond donors (Lipinski definition) is 2. The molecule has 1 aliphatic rings. The summed E-state index contributed by atoms with van der Waals surface area (Å²) in [6.07, 6.45) is 0. The number of anilines is 1. The highest BCUT2D eigenvalue weighted by Gasteiger charge is 2.23. The second-order valence-electron chi connectivity index (χ2n) is 3.84. The Morgan fingerprint density at radius 1 is 1.44 bits per heavy atom. The van der Waals surface area contributed by atoms with Crippen LogP contribution in [0.5, 0.6) is 0 Å². The van der Waals surface area contributed by atoms with Gasteiger partial charge in [-0.25, -0.2) is 4.79 Å². The Hall–Kier alpha value is -1.31. The maximum absolute atomic E-state index is 11.6. The number of nitrogens with zero attached hydrogens (tertiary/aromatic N) is 1. The number of H-pyrrole nitrogens is 1. The topological polar surface area (TPSA) is 66.9 Å². The Morgan fingerprint density at radius 3 is 2.94 bits per heavy atom. The highest BCUT2D eigenvalue weighted by atomic mass is 127. The van der Waals surface area contributed by atoms with E-state index in [2.05, 4.69) is 32.9 Å². The number of hydrogen-bond acceptors (Lipinski definition) is 2. The van der Waals surface area contributed by atoms with Crippen molar-refractivity contribution >= 4 is 45.2 Å². The van der Waals surface area contributed by atoms with Crippen LogP contribution >= 0.6 is 22.6 Å². The highest BCUT2D eigenvalue weighted by Crippen LogP contribution is 2.32. The number of aromatic amines is 1. The predicted molar refractivity (Wildman–Crippen MR) is 68.6 cm³/mol. The van der Waals surface area contributed by atoms with Gasteiger partial charge in [0.25, 0.3) is 0 Å². The molecular weight excluding hydrogens is 321 g/mol. The first kappa shape index (κ1) is 9.88. The number of amides is 1. The van der Waals surface area contributed by atoms with Gasteiger partial charge in [-0.15, -0.1) is 0 Å². The maximum atomic E-state index is 11.6. The molecule has 0 atom stereocenters. The number of aryl methyl sites for hydroxylation is 1. The normalized spacial score (nSPS) is 14.2. The smallest absolute Gasteiger partial charge is 0.322 e. The van der Waals surface area contributed by atoms with Crippen molar-refractivity contribution in [1.82, 2.24) is 9.55 Å². The summed E-state index contributed by atoms with van der Waals surface area (Å²) in [5.41, 5.74) is 3.12. The van der Waals surface area contributed by atoms with Crippen LogP contribution in [0.15, 0.2) is 10.9 Å². The second-order valence-corrected chi connectivity index (χ2v) is 4.92. The minimum Gasteiger partial charge on any atom is -0.322 e. The first-order valence-corrected chi connectivity index (χ1v) is 5.87. The molecular formula is C10H8IN3O2. The maximum Gasteiger partial charge on any atom is 0.327 e. The van der Waals surface area contributed by atoms with Crippen LogP contribution in [0.1, 0.15) is 5.56 Å². The summed E-state index contributed by atoms with van der Waals surface area (Å²) >= 11 is 2.18. The molecule has 0 fully saturated rings. The van der Waals surface area contributed by atoms with Crippen LogP contribution in [0.25, 0.3) is 11.0 Å². The zero-order valence-corrected chi connectivity index (χ0v) is 10.6.